The maximum Gasteiger partial charge on any atom is 0.0371 e. The third-order valence-corrected chi connectivity index (χ3v) is 3.60. The quantitative estimate of drug-likeness (QED) is 0.513. The predicted molar refractivity (Wildman–Crippen MR) is 39.6 cm³/mol. The van der Waals surface area contributed by atoms with E-state index in [1.807, 2.05) is 0 Å². The minimum absolute atomic E-state index is 0.396. The Kier molecular flexibility index (Phi) is 1.32. The number of rotatable bonds is 1. The molecule has 0 radical (unpaired) electrons. The normalized spacial score (nSPS) is 29.6. The molecule has 1 rings (SSSR count). The summed E-state index contributed by atoms with van der Waals surface area (Å²) in [5.74, 6) is 0. The average molecular weight is 211 g/mol. The van der Waals surface area contributed by atoms with Gasteiger partial charge in [-0.05, 0) is 19.8 Å². The van der Waals surface area contributed by atoms with E-state index in [0.717, 1.165) is 0 Å². The molecule has 0 bridgehead atoms. The summed E-state index contributed by atoms with van der Waals surface area (Å²) in [4.78, 5) is 0. The highest BCUT2D eigenvalue weighted by Crippen LogP contribution is 2.46. The van der Waals surface area contributed by atoms with Crippen LogP contribution in [-0.4, -0.2) is 9.46 Å². The molecular weight excluding hydrogens is 201 g/mol. The summed E-state index contributed by atoms with van der Waals surface area (Å²) in [6.45, 7) is 2.08. The lowest BCUT2D eigenvalue weighted by Crippen LogP contribution is -2.27. The van der Waals surface area contributed by atoms with Gasteiger partial charge < -0.3 is 5.73 Å². The van der Waals surface area contributed by atoms with E-state index in [9.17, 15) is 0 Å². The van der Waals surface area contributed by atoms with Crippen molar-refractivity contribution in [3.8, 4) is 0 Å². The van der Waals surface area contributed by atoms with Crippen LogP contribution in [0.5, 0.6) is 0 Å². The minimum atomic E-state index is 0.396. The van der Waals surface area contributed by atoms with Crippen LogP contribution in [0.1, 0.15) is 19.8 Å². The summed E-state index contributed by atoms with van der Waals surface area (Å²) in [5.41, 5.74) is 5.62. The molecule has 2 heteroatoms. The Labute approximate surface area is 57.8 Å². The van der Waals surface area contributed by atoms with Gasteiger partial charge in [0.25, 0.3) is 0 Å². The molecular formula is C5H10IN. The van der Waals surface area contributed by atoms with Gasteiger partial charge in [-0.2, -0.15) is 0 Å². The molecule has 42 valence electrons. The van der Waals surface area contributed by atoms with E-state index in [0.29, 0.717) is 9.46 Å². The van der Waals surface area contributed by atoms with E-state index >= 15 is 0 Å². The van der Waals surface area contributed by atoms with E-state index in [1.165, 1.54) is 12.8 Å². The Morgan fingerprint density at radius 2 is 2.14 bits per heavy atom. The lowest BCUT2D eigenvalue weighted by molar-refractivity contribution is 0.713. The molecule has 0 aliphatic heterocycles. The second-order valence-electron chi connectivity index (χ2n) is 2.32. The first kappa shape index (κ1) is 5.82. The van der Waals surface area contributed by atoms with Gasteiger partial charge in [0.05, 0.1) is 0 Å². The summed E-state index contributed by atoms with van der Waals surface area (Å²) >= 11 is 2.45. The van der Waals surface area contributed by atoms with Gasteiger partial charge in [0.1, 0.15) is 0 Å². The lowest BCUT2D eigenvalue weighted by atomic mass is 10.2. The van der Waals surface area contributed by atoms with Crippen LogP contribution >= 0.6 is 22.6 Å². The maximum atomic E-state index is 5.62. The molecule has 0 spiro atoms. The van der Waals surface area contributed by atoms with Gasteiger partial charge in [0.15, 0.2) is 0 Å². The second-order valence-corrected chi connectivity index (χ2v) is 4.47. The van der Waals surface area contributed by atoms with Crippen LogP contribution in [0.2, 0.25) is 0 Å². The molecule has 2 N–H and O–H groups in total. The molecule has 0 aromatic rings. The summed E-state index contributed by atoms with van der Waals surface area (Å²) in [6.07, 6.45) is 2.65. The minimum Gasteiger partial charge on any atom is -0.327 e. The molecule has 0 heterocycles. The Morgan fingerprint density at radius 3 is 2.14 bits per heavy atom. The number of nitrogens with two attached hydrogens (primary N) is 1. The van der Waals surface area contributed by atoms with Crippen molar-refractivity contribution in [3.05, 3.63) is 0 Å². The van der Waals surface area contributed by atoms with Crippen LogP contribution in [0.4, 0.5) is 0 Å². The van der Waals surface area contributed by atoms with E-state index in [2.05, 4.69) is 29.5 Å². The summed E-state index contributed by atoms with van der Waals surface area (Å²) in [7, 11) is 0. The zero-order valence-electron chi connectivity index (χ0n) is 4.45. The number of alkyl halides is 1. The Morgan fingerprint density at radius 1 is 1.71 bits per heavy atom. The molecule has 0 unspecified atom stereocenters. The van der Waals surface area contributed by atoms with Crippen LogP contribution in [0.25, 0.3) is 0 Å². The smallest absolute Gasteiger partial charge is 0.0371 e. The van der Waals surface area contributed by atoms with E-state index in [4.69, 9.17) is 5.73 Å². The average Bonchev–Trinajstić information content (AvgIpc) is 2.21. The van der Waals surface area contributed by atoms with Gasteiger partial charge >= 0.3 is 0 Å². The molecule has 1 aliphatic rings. The summed E-state index contributed by atoms with van der Waals surface area (Å²) < 4.78 is 0.498. The van der Waals surface area contributed by atoms with Crippen molar-refractivity contribution in [2.75, 3.05) is 0 Å². The molecule has 0 amide bonds. The van der Waals surface area contributed by atoms with Gasteiger partial charge in [-0.3, -0.25) is 0 Å². The SMILES string of the molecule is C[C@@H](N)C1(I)CC1. The molecule has 1 saturated carbocycles. The fourth-order valence-corrected chi connectivity index (χ4v) is 0.844. The fraction of sp³-hybridized carbons (Fsp3) is 1.00. The van der Waals surface area contributed by atoms with E-state index in [-0.39, 0.29) is 0 Å². The van der Waals surface area contributed by atoms with E-state index < -0.39 is 0 Å². The van der Waals surface area contributed by atoms with Gasteiger partial charge in [0, 0.05) is 9.46 Å². The zero-order chi connectivity index (χ0) is 5.49. The monoisotopic (exact) mass is 211 g/mol. The highest BCUT2D eigenvalue weighted by Gasteiger charge is 2.42. The lowest BCUT2D eigenvalue weighted by Gasteiger charge is -2.08. The molecule has 0 aromatic carbocycles. The molecule has 1 nitrogen and oxygen atoms in total. The highest BCUT2D eigenvalue weighted by molar-refractivity contribution is 14.1. The van der Waals surface area contributed by atoms with Crippen molar-refractivity contribution in [2.24, 2.45) is 5.73 Å². The topological polar surface area (TPSA) is 26.0 Å². The molecule has 1 aliphatic carbocycles. The molecule has 1 atom stereocenters. The molecule has 7 heavy (non-hydrogen) atoms. The van der Waals surface area contributed by atoms with Gasteiger partial charge in [-0.25, -0.2) is 0 Å². The Balaban J connectivity index is 2.39. The predicted octanol–water partition coefficient (Wildman–Crippen LogP) is 1.30. The second kappa shape index (κ2) is 1.58. The van der Waals surface area contributed by atoms with Crippen LogP contribution < -0.4 is 5.73 Å². The van der Waals surface area contributed by atoms with Crippen LogP contribution in [0, 0.1) is 0 Å². The van der Waals surface area contributed by atoms with Gasteiger partial charge in [-0.1, -0.05) is 22.6 Å². The fourth-order valence-electron chi connectivity index (χ4n) is 0.575. The Bertz CT molecular complexity index is 76.1. The number of hydrogen-bond acceptors (Lipinski definition) is 1. The van der Waals surface area contributed by atoms with Crippen molar-refractivity contribution in [1.82, 2.24) is 0 Å². The standard InChI is InChI=1S/C5H10IN/c1-4(7)5(6)2-3-5/h4H,2-3,7H2,1H3/t4-/m1/s1. The van der Waals surface area contributed by atoms with Crippen LogP contribution in [0.3, 0.4) is 0 Å². The first-order valence-electron chi connectivity index (χ1n) is 2.60. The zero-order valence-corrected chi connectivity index (χ0v) is 6.60. The van der Waals surface area contributed by atoms with Gasteiger partial charge in [-0.15, -0.1) is 0 Å². The largest absolute Gasteiger partial charge is 0.327 e. The van der Waals surface area contributed by atoms with Crippen molar-refractivity contribution < 1.29 is 0 Å². The van der Waals surface area contributed by atoms with Crippen LogP contribution in [-0.2, 0) is 0 Å². The molecule has 0 saturated heterocycles. The number of hydrogen-bond donors (Lipinski definition) is 1. The first-order chi connectivity index (χ1) is 3.15. The molecule has 1 fully saturated rings. The Hall–Kier alpha value is 0.690. The maximum absolute atomic E-state index is 5.62. The molecule has 0 aromatic heterocycles. The third-order valence-electron chi connectivity index (χ3n) is 1.54. The van der Waals surface area contributed by atoms with Crippen molar-refractivity contribution in [3.63, 3.8) is 0 Å². The summed E-state index contributed by atoms with van der Waals surface area (Å²) in [6, 6.07) is 0.396. The van der Waals surface area contributed by atoms with Crippen LogP contribution in [0.15, 0.2) is 0 Å². The summed E-state index contributed by atoms with van der Waals surface area (Å²) in [5, 5.41) is 0. The van der Waals surface area contributed by atoms with E-state index in [1.54, 1.807) is 0 Å². The van der Waals surface area contributed by atoms with Gasteiger partial charge in [0.2, 0.25) is 0 Å². The third kappa shape index (κ3) is 1.08. The van der Waals surface area contributed by atoms with Crippen molar-refractivity contribution >= 4 is 22.6 Å². The van der Waals surface area contributed by atoms with Crippen molar-refractivity contribution in [2.45, 2.75) is 29.2 Å². The number of halogens is 1. The highest BCUT2D eigenvalue weighted by atomic mass is 127. The first-order valence-corrected chi connectivity index (χ1v) is 3.67. The van der Waals surface area contributed by atoms with Crippen molar-refractivity contribution in [1.29, 1.82) is 0 Å².